The molecule has 32 heavy (non-hydrogen) atoms. The number of piperazine rings is 1. The van der Waals surface area contributed by atoms with Crippen molar-refractivity contribution in [3.05, 3.63) is 70.8 Å². The number of amides is 1. The van der Waals surface area contributed by atoms with Crippen molar-refractivity contribution < 1.29 is 28.2 Å². The minimum Gasteiger partial charge on any atom is -0.490 e. The zero-order valence-electron chi connectivity index (χ0n) is 17.6. The number of carboxylic acid groups (broad SMARTS) is 1. The van der Waals surface area contributed by atoms with Gasteiger partial charge in [-0.05, 0) is 35.3 Å². The fraction of sp³-hybridized carbons (Fsp3) is 0.333. The fourth-order valence-electron chi connectivity index (χ4n) is 4.37. The molecule has 0 saturated carbocycles. The highest BCUT2D eigenvalue weighted by Crippen LogP contribution is 2.33. The van der Waals surface area contributed by atoms with E-state index in [0.29, 0.717) is 31.5 Å². The van der Waals surface area contributed by atoms with Gasteiger partial charge in [0.25, 0.3) is 0 Å². The number of hydrogen-bond donors (Lipinski definition) is 2. The molecular weight excluding hydrogens is 418 g/mol. The standard InChI is InChI=1S/C24H24F2N2O4/c1-14(29)28-12-17-11-18(22(24(30)31)20(13-28)27-17)16-7-5-15(6-8-16)9-10-32-21-4-2-3-19(25)23(21)26/h2-8,17,20,27H,9-13H2,1H3,(H,30,31). The second kappa shape index (κ2) is 9.08. The first-order chi connectivity index (χ1) is 15.3. The Morgan fingerprint density at radius 1 is 1.16 bits per heavy atom. The number of fused-ring (bicyclic) bond motifs is 2. The van der Waals surface area contributed by atoms with E-state index in [-0.39, 0.29) is 24.3 Å². The van der Waals surface area contributed by atoms with Gasteiger partial charge in [-0.1, -0.05) is 30.3 Å². The van der Waals surface area contributed by atoms with Crippen LogP contribution in [0.4, 0.5) is 8.78 Å². The Labute approximate surface area is 184 Å². The highest BCUT2D eigenvalue weighted by molar-refractivity contribution is 5.98. The molecule has 2 aliphatic rings. The number of nitrogens with one attached hydrogen (secondary N) is 1. The van der Waals surface area contributed by atoms with Gasteiger partial charge in [-0.25, -0.2) is 9.18 Å². The Bertz CT molecular complexity index is 1070. The molecule has 0 aromatic heterocycles. The van der Waals surface area contributed by atoms with E-state index in [1.165, 1.54) is 19.1 Å². The molecule has 168 valence electrons. The van der Waals surface area contributed by atoms with Gasteiger partial charge in [0.15, 0.2) is 11.6 Å². The van der Waals surface area contributed by atoms with Crippen LogP contribution < -0.4 is 10.1 Å². The quantitative estimate of drug-likeness (QED) is 0.719. The largest absolute Gasteiger partial charge is 0.490 e. The van der Waals surface area contributed by atoms with E-state index < -0.39 is 23.6 Å². The molecule has 0 radical (unpaired) electrons. The molecule has 2 aliphatic heterocycles. The number of carboxylic acids is 1. The highest BCUT2D eigenvalue weighted by Gasteiger charge is 2.38. The molecule has 2 N–H and O–H groups in total. The van der Waals surface area contributed by atoms with Crippen molar-refractivity contribution in [1.82, 2.24) is 10.2 Å². The molecule has 2 bridgehead atoms. The Morgan fingerprint density at radius 2 is 1.91 bits per heavy atom. The van der Waals surface area contributed by atoms with E-state index in [0.717, 1.165) is 22.8 Å². The molecule has 8 heteroatoms. The van der Waals surface area contributed by atoms with Crippen molar-refractivity contribution in [3.8, 4) is 5.75 Å². The lowest BCUT2D eigenvalue weighted by Crippen LogP contribution is -2.61. The zero-order valence-corrected chi connectivity index (χ0v) is 17.6. The number of ether oxygens (including phenoxy) is 1. The molecule has 2 atom stereocenters. The first kappa shape index (κ1) is 22.0. The Morgan fingerprint density at radius 3 is 2.59 bits per heavy atom. The average molecular weight is 442 g/mol. The second-order valence-electron chi connectivity index (χ2n) is 8.09. The molecular formula is C24H24F2N2O4. The van der Waals surface area contributed by atoms with Gasteiger partial charge in [-0.3, -0.25) is 4.79 Å². The third-order valence-corrected chi connectivity index (χ3v) is 5.95. The number of benzene rings is 2. The number of carbonyl (C=O) groups is 2. The summed E-state index contributed by atoms with van der Waals surface area (Å²) in [7, 11) is 0. The maximum Gasteiger partial charge on any atom is 0.333 e. The van der Waals surface area contributed by atoms with E-state index in [1.54, 1.807) is 4.90 Å². The minimum absolute atomic E-state index is 0.00462. The van der Waals surface area contributed by atoms with Crippen LogP contribution in [0.1, 0.15) is 24.5 Å². The first-order valence-electron chi connectivity index (χ1n) is 10.5. The summed E-state index contributed by atoms with van der Waals surface area (Å²) in [5.74, 6) is -3.13. The van der Waals surface area contributed by atoms with Crippen molar-refractivity contribution in [2.75, 3.05) is 19.7 Å². The summed E-state index contributed by atoms with van der Waals surface area (Å²) < 4.78 is 32.3. The predicted octanol–water partition coefficient (Wildman–Crippen LogP) is 3.02. The van der Waals surface area contributed by atoms with Crippen LogP contribution in [0.3, 0.4) is 0 Å². The Balaban J connectivity index is 1.48. The number of hydrogen-bond acceptors (Lipinski definition) is 4. The lowest BCUT2D eigenvalue weighted by Gasteiger charge is -2.43. The van der Waals surface area contributed by atoms with E-state index >= 15 is 0 Å². The summed E-state index contributed by atoms with van der Waals surface area (Å²) in [4.78, 5) is 25.5. The number of carbonyl (C=O) groups excluding carboxylic acids is 1. The second-order valence-corrected chi connectivity index (χ2v) is 8.09. The van der Waals surface area contributed by atoms with Crippen molar-refractivity contribution >= 4 is 17.4 Å². The smallest absolute Gasteiger partial charge is 0.333 e. The fourth-order valence-corrected chi connectivity index (χ4v) is 4.37. The maximum absolute atomic E-state index is 13.7. The normalized spacial score (nSPS) is 20.3. The van der Waals surface area contributed by atoms with Crippen molar-refractivity contribution in [1.29, 1.82) is 0 Å². The van der Waals surface area contributed by atoms with Crippen molar-refractivity contribution in [2.24, 2.45) is 0 Å². The molecule has 0 aliphatic carbocycles. The summed E-state index contributed by atoms with van der Waals surface area (Å²) in [6.07, 6.45) is 1.00. The van der Waals surface area contributed by atoms with Gasteiger partial charge in [0.1, 0.15) is 0 Å². The topological polar surface area (TPSA) is 78.9 Å². The van der Waals surface area contributed by atoms with E-state index in [1.807, 2.05) is 24.3 Å². The molecule has 1 saturated heterocycles. The highest BCUT2D eigenvalue weighted by atomic mass is 19.2. The molecule has 6 nitrogen and oxygen atoms in total. The van der Waals surface area contributed by atoms with Crippen LogP contribution in [0.2, 0.25) is 0 Å². The minimum atomic E-state index is -1.00. The predicted molar refractivity (Wildman–Crippen MR) is 114 cm³/mol. The zero-order chi connectivity index (χ0) is 22.8. The summed E-state index contributed by atoms with van der Waals surface area (Å²) in [6, 6.07) is 10.9. The molecule has 1 fully saturated rings. The summed E-state index contributed by atoms with van der Waals surface area (Å²) in [6.45, 7) is 2.56. The summed E-state index contributed by atoms with van der Waals surface area (Å²) in [5.41, 5.74) is 2.83. The van der Waals surface area contributed by atoms with Crippen LogP contribution in [0.5, 0.6) is 5.75 Å². The molecule has 1 amide bonds. The number of rotatable bonds is 6. The van der Waals surface area contributed by atoms with Gasteiger partial charge < -0.3 is 20.1 Å². The average Bonchev–Trinajstić information content (AvgIpc) is 2.76. The lowest BCUT2D eigenvalue weighted by atomic mass is 9.83. The molecule has 4 rings (SSSR count). The van der Waals surface area contributed by atoms with Gasteiger partial charge in [0.2, 0.25) is 11.7 Å². The number of nitrogens with zero attached hydrogens (tertiary/aromatic N) is 1. The van der Waals surface area contributed by atoms with Crippen LogP contribution in [-0.4, -0.2) is 53.7 Å². The monoisotopic (exact) mass is 442 g/mol. The van der Waals surface area contributed by atoms with Gasteiger partial charge >= 0.3 is 5.97 Å². The third kappa shape index (κ3) is 4.50. The molecule has 2 aromatic rings. The van der Waals surface area contributed by atoms with Crippen LogP contribution in [0.25, 0.3) is 5.57 Å². The molecule has 2 heterocycles. The third-order valence-electron chi connectivity index (χ3n) is 5.95. The molecule has 0 spiro atoms. The first-order valence-corrected chi connectivity index (χ1v) is 10.5. The van der Waals surface area contributed by atoms with Crippen LogP contribution >= 0.6 is 0 Å². The summed E-state index contributed by atoms with van der Waals surface area (Å²) in [5, 5.41) is 13.2. The van der Waals surface area contributed by atoms with E-state index in [4.69, 9.17) is 4.74 Å². The van der Waals surface area contributed by atoms with Crippen LogP contribution in [0.15, 0.2) is 48.0 Å². The van der Waals surface area contributed by atoms with Gasteiger partial charge in [-0.2, -0.15) is 4.39 Å². The Kier molecular flexibility index (Phi) is 6.23. The van der Waals surface area contributed by atoms with Gasteiger partial charge in [0, 0.05) is 32.5 Å². The van der Waals surface area contributed by atoms with E-state index in [2.05, 4.69) is 5.32 Å². The summed E-state index contributed by atoms with van der Waals surface area (Å²) >= 11 is 0. The SMILES string of the molecule is CC(=O)N1CC2CC(c3ccc(CCOc4cccc(F)c4F)cc3)=C(C(=O)O)C(C1)N2. The number of aliphatic carboxylic acids is 1. The van der Waals surface area contributed by atoms with Crippen LogP contribution in [0, 0.1) is 11.6 Å². The number of halogens is 2. The van der Waals surface area contributed by atoms with Crippen molar-refractivity contribution in [2.45, 2.75) is 31.8 Å². The van der Waals surface area contributed by atoms with Gasteiger partial charge in [0.05, 0.1) is 18.2 Å². The molecule has 2 unspecified atom stereocenters. The van der Waals surface area contributed by atoms with Crippen molar-refractivity contribution in [3.63, 3.8) is 0 Å². The Hall–Kier alpha value is -3.26. The van der Waals surface area contributed by atoms with E-state index in [9.17, 15) is 23.5 Å². The van der Waals surface area contributed by atoms with Gasteiger partial charge in [-0.15, -0.1) is 0 Å². The van der Waals surface area contributed by atoms with Crippen LogP contribution in [-0.2, 0) is 16.0 Å². The maximum atomic E-state index is 13.7. The molecule has 2 aromatic carbocycles. The lowest BCUT2D eigenvalue weighted by molar-refractivity contribution is -0.135.